The van der Waals surface area contributed by atoms with Crippen molar-refractivity contribution in [2.24, 2.45) is 0 Å². The second kappa shape index (κ2) is 84.5. The monoisotopic (exact) mass is 122 g/mol. The molecular weight excluding hydrogens is 114 g/mol. The van der Waals surface area contributed by atoms with Crippen LogP contribution in [-0.4, -0.2) is 30.3 Å². The maximum Gasteiger partial charge on any atom is 1.00 e. The minimum Gasteiger partial charge on any atom is -1.00 e. The molecule has 0 bridgehead atoms. The average molecular weight is 122 g/mol. The third kappa shape index (κ3) is 48.1. The van der Waals surface area contributed by atoms with Crippen molar-refractivity contribution in [3.63, 3.8) is 0 Å². The zero-order valence-electron chi connectivity index (χ0n) is 3.58. The summed E-state index contributed by atoms with van der Waals surface area (Å²) in [6.07, 6.45) is 0. The van der Waals surface area contributed by atoms with Gasteiger partial charge in [-0.05, 0) is 0 Å². The minimum atomic E-state index is 0. The normalized spacial score (nSPS) is 0. The van der Waals surface area contributed by atoms with Crippen LogP contribution in [0, 0.1) is 0 Å². The second-order valence-corrected chi connectivity index (χ2v) is 0. The van der Waals surface area contributed by atoms with Crippen LogP contribution in [0.2, 0.25) is 0 Å². The van der Waals surface area contributed by atoms with E-state index >= 15 is 0 Å². The van der Waals surface area contributed by atoms with Gasteiger partial charge in [-0.1, -0.05) is 0 Å². The van der Waals surface area contributed by atoms with Gasteiger partial charge in [0.05, 0.1) is 0 Å². The maximum atomic E-state index is 0. The number of hydrogen-bond donors (Lipinski definition) is 0. The van der Waals surface area contributed by atoms with Crippen molar-refractivity contribution < 1.29 is 73.3 Å². The van der Waals surface area contributed by atoms with E-state index in [1.807, 2.05) is 0 Å². The summed E-state index contributed by atoms with van der Waals surface area (Å²) in [6.45, 7) is 0. The molecule has 6 heavy (non-hydrogen) atoms. The van der Waals surface area contributed by atoms with Gasteiger partial charge in [0, 0.05) is 0 Å². The summed E-state index contributed by atoms with van der Waals surface area (Å²) in [5.74, 6) is 0. The van der Waals surface area contributed by atoms with Gasteiger partial charge in [-0.25, -0.2) is 0 Å². The van der Waals surface area contributed by atoms with Crippen LogP contribution < -0.4 is 51.4 Å². The quantitative estimate of drug-likeness (QED) is 0.283. The molecular formula is H8BKO4. The van der Waals surface area contributed by atoms with Gasteiger partial charge in [-0.15, -0.1) is 0 Å². The first-order valence-electron chi connectivity index (χ1n) is 0. The summed E-state index contributed by atoms with van der Waals surface area (Å²) in [6, 6.07) is 0. The van der Waals surface area contributed by atoms with Crippen LogP contribution in [0.4, 0.5) is 0 Å². The molecule has 0 aliphatic carbocycles. The van der Waals surface area contributed by atoms with Gasteiger partial charge in [-0.3, -0.25) is 0 Å². The van der Waals surface area contributed by atoms with E-state index in [0.29, 0.717) is 0 Å². The van der Waals surface area contributed by atoms with Crippen LogP contribution in [0.3, 0.4) is 0 Å². The van der Waals surface area contributed by atoms with Crippen LogP contribution in [0.15, 0.2) is 0 Å². The molecule has 0 aliphatic rings. The first-order chi connectivity index (χ1) is 0. The van der Waals surface area contributed by atoms with Crippen LogP contribution in [0.1, 0.15) is 0 Å². The van der Waals surface area contributed by atoms with Crippen molar-refractivity contribution in [3.8, 4) is 0 Å². The van der Waals surface area contributed by atoms with Gasteiger partial charge < -0.3 is 30.3 Å². The summed E-state index contributed by atoms with van der Waals surface area (Å²) in [4.78, 5) is 0. The molecule has 0 heterocycles. The number of hydrogen-bond acceptors (Lipinski definition) is 0. The Balaban J connectivity index is 0. The Morgan fingerprint density at radius 2 is 0.500 bits per heavy atom. The molecule has 0 aromatic rings. The Hall–Kier alpha value is 1.54. The first-order valence-corrected chi connectivity index (χ1v) is 0. The van der Waals surface area contributed by atoms with E-state index in [9.17, 15) is 0 Å². The summed E-state index contributed by atoms with van der Waals surface area (Å²) in [5, 5.41) is 0. The van der Waals surface area contributed by atoms with Gasteiger partial charge in [0.25, 0.3) is 0 Å². The fraction of sp³-hybridized carbons (Fsp3) is 0. The third-order valence-corrected chi connectivity index (χ3v) is 0. The molecule has 36 valence electrons. The zero-order valence-corrected chi connectivity index (χ0v) is 6.70. The number of rotatable bonds is 0. The molecule has 0 amide bonds. The minimum absolute atomic E-state index is 0. The SMILES string of the molecule is O.O.O.O.[B-].[K+]. The second-order valence-electron chi connectivity index (χ2n) is 0. The molecule has 0 spiro atoms. The largest absolute Gasteiger partial charge is 1.00 e. The van der Waals surface area contributed by atoms with Crippen molar-refractivity contribution in [2.45, 2.75) is 0 Å². The summed E-state index contributed by atoms with van der Waals surface area (Å²) < 4.78 is 0. The smallest absolute Gasteiger partial charge is 1.00 e. The van der Waals surface area contributed by atoms with Crippen molar-refractivity contribution >= 4 is 8.41 Å². The van der Waals surface area contributed by atoms with Crippen LogP contribution in [0.25, 0.3) is 0 Å². The standard InChI is InChI=1S/B.K.4H2O/h;;4*1H2/q-1;+1;;;;. The molecule has 6 heteroatoms. The fourth-order valence-corrected chi connectivity index (χ4v) is 0. The zero-order chi connectivity index (χ0) is 0. The van der Waals surface area contributed by atoms with Gasteiger partial charge in [-0.2, -0.15) is 0 Å². The Morgan fingerprint density at radius 3 is 0.500 bits per heavy atom. The van der Waals surface area contributed by atoms with Crippen LogP contribution >= 0.6 is 0 Å². The van der Waals surface area contributed by atoms with Gasteiger partial charge in [0.15, 0.2) is 0 Å². The molecule has 0 unspecified atom stereocenters. The topological polar surface area (TPSA) is 126 Å². The predicted molar refractivity (Wildman–Crippen MR) is 20.2 cm³/mol. The van der Waals surface area contributed by atoms with Gasteiger partial charge >= 0.3 is 51.4 Å². The summed E-state index contributed by atoms with van der Waals surface area (Å²) >= 11 is 0. The van der Waals surface area contributed by atoms with Crippen molar-refractivity contribution in [1.82, 2.24) is 0 Å². The summed E-state index contributed by atoms with van der Waals surface area (Å²) in [5.41, 5.74) is 0. The summed E-state index contributed by atoms with van der Waals surface area (Å²) in [7, 11) is 0. The Labute approximate surface area is 80.5 Å². The van der Waals surface area contributed by atoms with E-state index in [2.05, 4.69) is 0 Å². The molecule has 0 rings (SSSR count). The predicted octanol–water partition coefficient (Wildman–Crippen LogP) is -6.68. The van der Waals surface area contributed by atoms with Gasteiger partial charge in [0.2, 0.25) is 0 Å². The molecule has 0 aromatic carbocycles. The molecule has 0 atom stereocenters. The molecule has 4 nitrogen and oxygen atoms in total. The van der Waals surface area contributed by atoms with Gasteiger partial charge in [0.1, 0.15) is 0 Å². The molecule has 0 aromatic heterocycles. The maximum absolute atomic E-state index is 0. The van der Waals surface area contributed by atoms with E-state index in [0.717, 1.165) is 0 Å². The van der Waals surface area contributed by atoms with E-state index < -0.39 is 0 Å². The molecule has 0 aliphatic heterocycles. The van der Waals surface area contributed by atoms with Crippen molar-refractivity contribution in [2.75, 3.05) is 0 Å². The van der Waals surface area contributed by atoms with Crippen LogP contribution in [0.5, 0.6) is 0 Å². The van der Waals surface area contributed by atoms with E-state index in [1.54, 1.807) is 0 Å². The molecule has 8 N–H and O–H groups in total. The van der Waals surface area contributed by atoms with Crippen molar-refractivity contribution in [1.29, 1.82) is 0 Å². The molecule has 0 fully saturated rings. The van der Waals surface area contributed by atoms with Crippen molar-refractivity contribution in [3.05, 3.63) is 0 Å². The van der Waals surface area contributed by atoms with E-state index in [1.165, 1.54) is 0 Å². The molecule has 0 saturated carbocycles. The Kier molecular flexibility index (Phi) is 1910. The first kappa shape index (κ1) is 136. The molecule has 0 saturated heterocycles. The van der Waals surface area contributed by atoms with Crippen LogP contribution in [-0.2, 0) is 0 Å². The Bertz CT molecular complexity index is 7.51. The molecule has 4 radical (unpaired) electrons. The van der Waals surface area contributed by atoms with E-state index in [-0.39, 0.29) is 81.7 Å². The average Bonchev–Trinajstić information content (AvgIpc) is 0. The fourth-order valence-electron chi connectivity index (χ4n) is 0. The Morgan fingerprint density at radius 1 is 0.500 bits per heavy atom. The third-order valence-electron chi connectivity index (χ3n) is 0. The van der Waals surface area contributed by atoms with E-state index in [4.69, 9.17) is 0 Å².